The molecule has 1 aliphatic rings. The molecule has 0 radical (unpaired) electrons. The first kappa shape index (κ1) is 13.0. The van der Waals surface area contributed by atoms with Crippen LogP contribution in [0.1, 0.15) is 24.3 Å². The van der Waals surface area contributed by atoms with Crippen LogP contribution in [-0.2, 0) is 0 Å². The molecule has 2 aromatic heterocycles. The molecule has 1 saturated heterocycles. The van der Waals surface area contributed by atoms with E-state index in [2.05, 4.69) is 44.3 Å². The van der Waals surface area contributed by atoms with Gasteiger partial charge in [-0.05, 0) is 50.0 Å². The van der Waals surface area contributed by atoms with Crippen LogP contribution in [0, 0.1) is 0 Å². The molecule has 1 fully saturated rings. The van der Waals surface area contributed by atoms with Gasteiger partial charge in [-0.15, -0.1) is 0 Å². The molecule has 1 unspecified atom stereocenters. The highest BCUT2D eigenvalue weighted by molar-refractivity contribution is 5.51. The minimum atomic E-state index is 0.596. The van der Waals surface area contributed by atoms with Crippen LogP contribution in [0.5, 0.6) is 0 Å². The van der Waals surface area contributed by atoms with E-state index in [0.717, 1.165) is 18.2 Å². The molecule has 2 aromatic rings. The predicted octanol–water partition coefficient (Wildman–Crippen LogP) is 2.42. The predicted molar refractivity (Wildman–Crippen MR) is 79.0 cm³/mol. The lowest BCUT2D eigenvalue weighted by atomic mass is 9.91. The summed E-state index contributed by atoms with van der Waals surface area (Å²) in [4.78, 5) is 15.0. The average Bonchev–Trinajstić information content (AvgIpc) is 2.49. The zero-order valence-electron chi connectivity index (χ0n) is 11.7. The first-order valence-corrected chi connectivity index (χ1v) is 6.99. The smallest absolute Gasteiger partial charge is 0.150 e. The number of rotatable bonds is 3. The minimum absolute atomic E-state index is 0.596. The van der Waals surface area contributed by atoms with E-state index in [1.807, 2.05) is 6.20 Å². The number of nitrogens with one attached hydrogen (secondary N) is 1. The van der Waals surface area contributed by atoms with Crippen molar-refractivity contribution in [2.45, 2.75) is 18.8 Å². The van der Waals surface area contributed by atoms with Crippen molar-refractivity contribution in [2.24, 2.45) is 0 Å². The lowest BCUT2D eigenvalue weighted by molar-refractivity contribution is 0.251. The van der Waals surface area contributed by atoms with Crippen molar-refractivity contribution in [2.75, 3.05) is 25.5 Å². The number of hydrogen-bond donors (Lipinski definition) is 1. The number of anilines is 2. The average molecular weight is 269 g/mol. The molecule has 0 saturated carbocycles. The summed E-state index contributed by atoms with van der Waals surface area (Å²) in [6, 6.07) is 4.24. The second kappa shape index (κ2) is 5.96. The van der Waals surface area contributed by atoms with Crippen LogP contribution in [0.25, 0.3) is 0 Å². The Hall–Kier alpha value is -2.01. The third-order valence-corrected chi connectivity index (χ3v) is 3.70. The fourth-order valence-corrected chi connectivity index (χ4v) is 2.70. The Morgan fingerprint density at radius 1 is 1.20 bits per heavy atom. The molecule has 20 heavy (non-hydrogen) atoms. The third kappa shape index (κ3) is 3.11. The number of hydrogen-bond acceptors (Lipinski definition) is 5. The number of aromatic nitrogens is 3. The van der Waals surface area contributed by atoms with Gasteiger partial charge in [-0.3, -0.25) is 4.98 Å². The SMILES string of the molecule is CN1CCCC(c2ccnc(Nc3cnccn3)c2)C1. The Balaban J connectivity index is 1.75. The number of likely N-dealkylation sites (N-methyl/N-ethyl adjacent to an activating group) is 1. The summed E-state index contributed by atoms with van der Waals surface area (Å²) < 4.78 is 0. The van der Waals surface area contributed by atoms with Crippen molar-refractivity contribution in [3.63, 3.8) is 0 Å². The van der Waals surface area contributed by atoms with Gasteiger partial charge in [0.05, 0.1) is 6.20 Å². The van der Waals surface area contributed by atoms with Crippen molar-refractivity contribution in [1.29, 1.82) is 0 Å². The second-order valence-electron chi connectivity index (χ2n) is 5.29. The summed E-state index contributed by atoms with van der Waals surface area (Å²) in [5, 5.41) is 3.20. The molecule has 0 amide bonds. The van der Waals surface area contributed by atoms with Crippen LogP contribution >= 0.6 is 0 Å². The third-order valence-electron chi connectivity index (χ3n) is 3.70. The van der Waals surface area contributed by atoms with E-state index in [0.29, 0.717) is 5.92 Å². The van der Waals surface area contributed by atoms with Crippen LogP contribution in [0.3, 0.4) is 0 Å². The lowest BCUT2D eigenvalue weighted by Crippen LogP contribution is -2.30. The molecule has 3 rings (SSSR count). The van der Waals surface area contributed by atoms with Crippen LogP contribution in [0.15, 0.2) is 36.9 Å². The van der Waals surface area contributed by atoms with E-state index in [1.165, 1.54) is 24.9 Å². The van der Waals surface area contributed by atoms with Gasteiger partial charge in [0, 0.05) is 25.1 Å². The first-order chi connectivity index (χ1) is 9.81. The Morgan fingerprint density at radius 3 is 2.90 bits per heavy atom. The van der Waals surface area contributed by atoms with E-state index < -0.39 is 0 Å². The molecule has 104 valence electrons. The highest BCUT2D eigenvalue weighted by atomic mass is 15.1. The topological polar surface area (TPSA) is 53.9 Å². The molecule has 1 N–H and O–H groups in total. The van der Waals surface area contributed by atoms with Gasteiger partial charge >= 0.3 is 0 Å². The van der Waals surface area contributed by atoms with Gasteiger partial charge < -0.3 is 10.2 Å². The standard InChI is InChI=1S/C15H19N5/c1-20-8-2-3-13(11-20)12-4-5-17-14(9-12)19-15-10-16-6-7-18-15/h4-7,9-10,13H,2-3,8,11H2,1H3,(H,17,18,19). The van der Waals surface area contributed by atoms with E-state index in [1.54, 1.807) is 18.6 Å². The zero-order chi connectivity index (χ0) is 13.8. The quantitative estimate of drug-likeness (QED) is 0.927. The van der Waals surface area contributed by atoms with Crippen LogP contribution in [-0.4, -0.2) is 40.0 Å². The summed E-state index contributed by atoms with van der Waals surface area (Å²) in [6.07, 6.45) is 9.40. The number of nitrogens with zero attached hydrogens (tertiary/aromatic N) is 4. The van der Waals surface area contributed by atoms with Crippen LogP contribution < -0.4 is 5.32 Å². The summed E-state index contributed by atoms with van der Waals surface area (Å²) in [5.41, 5.74) is 1.35. The highest BCUT2D eigenvalue weighted by Gasteiger charge is 2.19. The maximum Gasteiger partial charge on any atom is 0.150 e. The summed E-state index contributed by atoms with van der Waals surface area (Å²) in [7, 11) is 2.19. The van der Waals surface area contributed by atoms with Gasteiger partial charge in [-0.2, -0.15) is 0 Å². The van der Waals surface area contributed by atoms with Crippen molar-refractivity contribution in [3.8, 4) is 0 Å². The van der Waals surface area contributed by atoms with E-state index in [9.17, 15) is 0 Å². The number of pyridine rings is 1. The summed E-state index contributed by atoms with van der Waals surface area (Å²) in [5.74, 6) is 2.15. The molecule has 0 bridgehead atoms. The van der Waals surface area contributed by atoms with E-state index >= 15 is 0 Å². The number of piperidine rings is 1. The van der Waals surface area contributed by atoms with Crippen molar-refractivity contribution >= 4 is 11.6 Å². The maximum absolute atomic E-state index is 4.36. The van der Waals surface area contributed by atoms with Crippen molar-refractivity contribution in [3.05, 3.63) is 42.5 Å². The first-order valence-electron chi connectivity index (χ1n) is 6.99. The highest BCUT2D eigenvalue weighted by Crippen LogP contribution is 2.27. The molecular weight excluding hydrogens is 250 g/mol. The Kier molecular flexibility index (Phi) is 3.87. The van der Waals surface area contributed by atoms with Crippen LogP contribution in [0.2, 0.25) is 0 Å². The van der Waals surface area contributed by atoms with Gasteiger partial charge in [0.25, 0.3) is 0 Å². The van der Waals surface area contributed by atoms with Gasteiger partial charge in [0.2, 0.25) is 0 Å². The Bertz CT molecular complexity index is 557. The monoisotopic (exact) mass is 269 g/mol. The molecule has 1 aliphatic heterocycles. The van der Waals surface area contributed by atoms with E-state index in [-0.39, 0.29) is 0 Å². The fourth-order valence-electron chi connectivity index (χ4n) is 2.70. The van der Waals surface area contributed by atoms with Gasteiger partial charge in [-0.25, -0.2) is 9.97 Å². The molecule has 3 heterocycles. The Labute approximate surface area is 119 Å². The number of likely N-dealkylation sites (tertiary alicyclic amines) is 1. The maximum atomic E-state index is 4.36. The van der Waals surface area contributed by atoms with Gasteiger partial charge in [0.15, 0.2) is 0 Å². The fraction of sp³-hybridized carbons (Fsp3) is 0.400. The molecule has 5 nitrogen and oxygen atoms in total. The molecule has 0 spiro atoms. The van der Waals surface area contributed by atoms with Crippen LogP contribution in [0.4, 0.5) is 11.6 Å². The largest absolute Gasteiger partial charge is 0.324 e. The molecule has 0 aliphatic carbocycles. The van der Waals surface area contributed by atoms with Gasteiger partial charge in [-0.1, -0.05) is 0 Å². The summed E-state index contributed by atoms with van der Waals surface area (Å²) in [6.45, 7) is 2.32. The molecule has 5 heteroatoms. The molecular formula is C15H19N5. The molecule has 1 atom stereocenters. The second-order valence-corrected chi connectivity index (χ2v) is 5.29. The lowest BCUT2D eigenvalue weighted by Gasteiger charge is -2.30. The summed E-state index contributed by atoms with van der Waals surface area (Å²) >= 11 is 0. The zero-order valence-corrected chi connectivity index (χ0v) is 11.7. The Morgan fingerprint density at radius 2 is 2.10 bits per heavy atom. The van der Waals surface area contributed by atoms with Gasteiger partial charge in [0.1, 0.15) is 11.6 Å². The van der Waals surface area contributed by atoms with Crippen molar-refractivity contribution in [1.82, 2.24) is 19.9 Å². The normalized spacial score (nSPS) is 19.8. The van der Waals surface area contributed by atoms with Crippen molar-refractivity contribution < 1.29 is 0 Å². The molecule has 0 aromatic carbocycles. The van der Waals surface area contributed by atoms with E-state index in [4.69, 9.17) is 0 Å². The minimum Gasteiger partial charge on any atom is -0.324 e.